The molecule has 4 aromatic heterocycles. The van der Waals surface area contributed by atoms with Gasteiger partial charge in [0.25, 0.3) is 0 Å². The smallest absolute Gasteiger partial charge is 0.141 e. The van der Waals surface area contributed by atoms with Crippen molar-refractivity contribution in [2.45, 2.75) is 46.6 Å². The largest absolute Gasteiger partial charge is 0.361 e. The third-order valence-corrected chi connectivity index (χ3v) is 6.39. The topological polar surface area (TPSA) is 56.7 Å². The zero-order valence-electron chi connectivity index (χ0n) is 19.7. The fraction of sp³-hybridized carbons (Fsp3) is 0.250. The van der Waals surface area contributed by atoms with E-state index in [1.807, 2.05) is 38.4 Å². The summed E-state index contributed by atoms with van der Waals surface area (Å²) >= 11 is 0. The summed E-state index contributed by atoms with van der Waals surface area (Å²) in [5.74, 6) is 1.30. The summed E-state index contributed by atoms with van der Waals surface area (Å²) in [7, 11) is 0. The number of aryl methyl sites for hydroxylation is 2. The van der Waals surface area contributed by atoms with Crippen LogP contribution in [0.25, 0.3) is 33.4 Å². The lowest BCUT2D eigenvalue weighted by Crippen LogP contribution is -2.10. The molecule has 0 radical (unpaired) electrons. The molecule has 1 unspecified atom stereocenters. The lowest BCUT2D eigenvalue weighted by Gasteiger charge is -2.19. The zero-order valence-corrected chi connectivity index (χ0v) is 19.7. The average Bonchev–Trinajstić information content (AvgIpc) is 3.38. The van der Waals surface area contributed by atoms with Gasteiger partial charge in [-0.3, -0.25) is 9.97 Å². The maximum Gasteiger partial charge on any atom is 0.141 e. The zero-order chi connectivity index (χ0) is 23.1. The second kappa shape index (κ2) is 8.32. The normalized spacial score (nSPS) is 12.5. The lowest BCUT2D eigenvalue weighted by molar-refractivity contribution is 0.393. The summed E-state index contributed by atoms with van der Waals surface area (Å²) in [6.07, 6.45) is 3.76. The molecule has 0 saturated heterocycles. The van der Waals surface area contributed by atoms with Crippen molar-refractivity contribution in [3.63, 3.8) is 0 Å². The van der Waals surface area contributed by atoms with E-state index < -0.39 is 0 Å². The highest BCUT2D eigenvalue weighted by Crippen LogP contribution is 2.36. The SMILES string of the molecule is Cc1noc(C)c1-c1cnc2cc(-c3ccc(C(C)C)cc3)n(C(C)c3ccccn3)c2c1. The van der Waals surface area contributed by atoms with Crippen molar-refractivity contribution in [2.24, 2.45) is 0 Å². The van der Waals surface area contributed by atoms with Gasteiger partial charge < -0.3 is 9.09 Å². The second-order valence-electron chi connectivity index (χ2n) is 8.93. The molecule has 0 fully saturated rings. The number of benzene rings is 1. The molecule has 0 N–H and O–H groups in total. The van der Waals surface area contributed by atoms with Crippen molar-refractivity contribution in [1.29, 1.82) is 0 Å². The first-order valence-electron chi connectivity index (χ1n) is 11.4. The lowest BCUT2D eigenvalue weighted by atomic mass is 10.0. The van der Waals surface area contributed by atoms with Gasteiger partial charge in [0.1, 0.15) is 5.76 Å². The number of aromatic nitrogens is 4. The first-order chi connectivity index (χ1) is 15.9. The molecule has 5 aromatic rings. The fourth-order valence-electron chi connectivity index (χ4n) is 4.56. The van der Waals surface area contributed by atoms with Crippen molar-refractivity contribution in [1.82, 2.24) is 19.7 Å². The molecular formula is C28H28N4O. The Bertz CT molecular complexity index is 1390. The fourth-order valence-corrected chi connectivity index (χ4v) is 4.56. The molecule has 0 spiro atoms. The van der Waals surface area contributed by atoms with Crippen LogP contribution in [0.5, 0.6) is 0 Å². The molecule has 1 atom stereocenters. The van der Waals surface area contributed by atoms with Crippen LogP contribution in [-0.4, -0.2) is 19.7 Å². The standard InChI is InChI=1S/C28H28N4O/c1-17(2)21-9-11-22(12-10-21)26-15-25-27(32(26)19(4)24-8-6-7-13-29-24)14-23(16-30-25)28-18(3)31-33-20(28)5/h6-17,19H,1-5H3. The Balaban J connectivity index is 1.74. The van der Waals surface area contributed by atoms with E-state index >= 15 is 0 Å². The second-order valence-corrected chi connectivity index (χ2v) is 8.93. The molecule has 0 saturated carbocycles. The molecular weight excluding hydrogens is 408 g/mol. The number of fused-ring (bicyclic) bond motifs is 1. The highest BCUT2D eigenvalue weighted by molar-refractivity contribution is 5.88. The van der Waals surface area contributed by atoms with Crippen molar-refractivity contribution in [2.75, 3.05) is 0 Å². The quantitative estimate of drug-likeness (QED) is 0.295. The minimum absolute atomic E-state index is 0.0326. The Kier molecular flexibility index (Phi) is 5.33. The van der Waals surface area contributed by atoms with Gasteiger partial charge in [-0.2, -0.15) is 0 Å². The number of nitrogens with zero attached hydrogens (tertiary/aromatic N) is 4. The van der Waals surface area contributed by atoms with Crippen molar-refractivity contribution < 1.29 is 4.52 Å². The van der Waals surface area contributed by atoms with Crippen LogP contribution in [0.15, 0.2) is 71.5 Å². The van der Waals surface area contributed by atoms with Crippen molar-refractivity contribution in [3.8, 4) is 22.4 Å². The molecule has 5 nitrogen and oxygen atoms in total. The van der Waals surface area contributed by atoms with Gasteiger partial charge in [0.2, 0.25) is 0 Å². The van der Waals surface area contributed by atoms with E-state index in [-0.39, 0.29) is 6.04 Å². The van der Waals surface area contributed by atoms with E-state index in [0.29, 0.717) is 5.92 Å². The van der Waals surface area contributed by atoms with Crippen LogP contribution in [0.4, 0.5) is 0 Å². The number of rotatable bonds is 5. The van der Waals surface area contributed by atoms with Crippen molar-refractivity contribution in [3.05, 3.63) is 89.7 Å². The maximum atomic E-state index is 5.42. The molecule has 5 rings (SSSR count). The van der Waals surface area contributed by atoms with Gasteiger partial charge in [-0.15, -0.1) is 0 Å². The van der Waals surface area contributed by atoms with Crippen LogP contribution in [0, 0.1) is 13.8 Å². The van der Waals surface area contributed by atoms with Gasteiger partial charge in [0.05, 0.1) is 34.2 Å². The van der Waals surface area contributed by atoms with E-state index in [1.165, 1.54) is 11.1 Å². The van der Waals surface area contributed by atoms with Gasteiger partial charge in [-0.25, -0.2) is 0 Å². The van der Waals surface area contributed by atoms with E-state index in [1.54, 1.807) is 0 Å². The first kappa shape index (κ1) is 21.1. The summed E-state index contributed by atoms with van der Waals surface area (Å²) in [6, 6.07) is 19.3. The summed E-state index contributed by atoms with van der Waals surface area (Å²) < 4.78 is 7.76. The van der Waals surface area contributed by atoms with Crippen molar-refractivity contribution >= 4 is 11.0 Å². The highest BCUT2D eigenvalue weighted by Gasteiger charge is 2.21. The predicted molar refractivity (Wildman–Crippen MR) is 132 cm³/mol. The van der Waals surface area contributed by atoms with Crippen LogP contribution in [0.1, 0.15) is 55.4 Å². The molecule has 0 aliphatic heterocycles. The third kappa shape index (κ3) is 3.74. The van der Waals surface area contributed by atoms with Gasteiger partial charge in [0.15, 0.2) is 0 Å². The Morgan fingerprint density at radius 1 is 0.879 bits per heavy atom. The first-order valence-corrected chi connectivity index (χ1v) is 11.4. The minimum atomic E-state index is 0.0326. The molecule has 0 bridgehead atoms. The minimum Gasteiger partial charge on any atom is -0.361 e. The molecule has 0 amide bonds. The Morgan fingerprint density at radius 2 is 1.67 bits per heavy atom. The van der Waals surface area contributed by atoms with Crippen LogP contribution >= 0.6 is 0 Å². The van der Waals surface area contributed by atoms with Gasteiger partial charge >= 0.3 is 0 Å². The molecule has 5 heteroatoms. The van der Waals surface area contributed by atoms with Crippen LogP contribution < -0.4 is 0 Å². The molecule has 0 aliphatic carbocycles. The van der Waals surface area contributed by atoms with E-state index in [2.05, 4.69) is 77.9 Å². The predicted octanol–water partition coefficient (Wildman–Crippen LogP) is 7.10. The summed E-state index contributed by atoms with van der Waals surface area (Å²) in [5, 5.41) is 4.13. The van der Waals surface area contributed by atoms with Gasteiger partial charge in [0, 0.05) is 23.5 Å². The highest BCUT2D eigenvalue weighted by atomic mass is 16.5. The Hall–Kier alpha value is -3.73. The number of hydrogen-bond donors (Lipinski definition) is 0. The van der Waals surface area contributed by atoms with E-state index in [4.69, 9.17) is 9.51 Å². The van der Waals surface area contributed by atoms with E-state index in [0.717, 1.165) is 45.0 Å². The molecule has 166 valence electrons. The monoisotopic (exact) mass is 436 g/mol. The summed E-state index contributed by atoms with van der Waals surface area (Å²) in [6.45, 7) is 10.5. The maximum absolute atomic E-state index is 5.42. The van der Waals surface area contributed by atoms with Gasteiger partial charge in [-0.05, 0) is 62.1 Å². The van der Waals surface area contributed by atoms with E-state index in [9.17, 15) is 0 Å². The molecule has 4 heterocycles. The summed E-state index contributed by atoms with van der Waals surface area (Å²) in [5.41, 5.74) is 9.54. The summed E-state index contributed by atoms with van der Waals surface area (Å²) in [4.78, 5) is 9.49. The van der Waals surface area contributed by atoms with Gasteiger partial charge in [-0.1, -0.05) is 49.3 Å². The number of pyridine rings is 2. The molecule has 0 aliphatic rings. The Morgan fingerprint density at radius 3 is 2.30 bits per heavy atom. The average molecular weight is 437 g/mol. The van der Waals surface area contributed by atoms with Crippen LogP contribution in [0.3, 0.4) is 0 Å². The number of hydrogen-bond acceptors (Lipinski definition) is 4. The van der Waals surface area contributed by atoms with Crippen LogP contribution in [0.2, 0.25) is 0 Å². The van der Waals surface area contributed by atoms with Crippen LogP contribution in [-0.2, 0) is 0 Å². The Labute approximate surface area is 194 Å². The third-order valence-electron chi connectivity index (χ3n) is 6.39. The molecule has 1 aromatic carbocycles. The molecule has 33 heavy (non-hydrogen) atoms.